The van der Waals surface area contributed by atoms with E-state index in [1.807, 2.05) is 24.3 Å². The fourth-order valence-corrected chi connectivity index (χ4v) is 4.09. The largest absolute Gasteiger partial charge is 0.316 e. The second-order valence-electron chi connectivity index (χ2n) is 6.23. The average Bonchev–Trinajstić information content (AvgIpc) is 3.04. The summed E-state index contributed by atoms with van der Waals surface area (Å²) in [4.78, 5) is 12.3. The van der Waals surface area contributed by atoms with Crippen LogP contribution in [0.4, 0.5) is 5.13 Å². The first-order valence-electron chi connectivity index (χ1n) is 8.22. The van der Waals surface area contributed by atoms with Gasteiger partial charge in [-0.15, -0.1) is 22.6 Å². The summed E-state index contributed by atoms with van der Waals surface area (Å²) in [5.41, 5.74) is 0.832. The van der Waals surface area contributed by atoms with E-state index in [2.05, 4.69) is 27.8 Å². The lowest BCUT2D eigenvalue weighted by atomic mass is 9.85. The normalized spacial score (nSPS) is 18.2. The van der Waals surface area contributed by atoms with E-state index in [9.17, 15) is 4.79 Å². The van der Waals surface area contributed by atoms with Crippen LogP contribution in [0.25, 0.3) is 10.6 Å². The number of benzene rings is 1. The van der Waals surface area contributed by atoms with Gasteiger partial charge in [0.2, 0.25) is 11.0 Å². The van der Waals surface area contributed by atoms with E-state index in [0.29, 0.717) is 33.4 Å². The Morgan fingerprint density at radius 3 is 2.96 bits per heavy atom. The molecule has 2 N–H and O–H groups in total. The summed E-state index contributed by atoms with van der Waals surface area (Å²) < 4.78 is 0. The lowest BCUT2D eigenvalue weighted by Crippen LogP contribution is -2.34. The van der Waals surface area contributed by atoms with Gasteiger partial charge in [-0.05, 0) is 43.8 Å². The van der Waals surface area contributed by atoms with Crippen LogP contribution in [-0.2, 0) is 4.79 Å². The molecular weight excluding hydrogens is 379 g/mol. The molecule has 1 aliphatic rings. The number of hydrogen-bond donors (Lipinski definition) is 2. The van der Waals surface area contributed by atoms with Gasteiger partial charge in [0.05, 0.1) is 5.02 Å². The predicted molar refractivity (Wildman–Crippen MR) is 106 cm³/mol. The van der Waals surface area contributed by atoms with Crippen LogP contribution in [-0.4, -0.2) is 29.2 Å². The number of carbonyl (C=O) groups excluding carboxylic acids is 1. The number of carbonyl (C=O) groups is 1. The van der Waals surface area contributed by atoms with Crippen LogP contribution < -0.4 is 10.6 Å². The van der Waals surface area contributed by atoms with E-state index in [1.54, 1.807) is 0 Å². The smallest absolute Gasteiger partial charge is 0.226 e. The van der Waals surface area contributed by atoms with E-state index in [-0.39, 0.29) is 18.3 Å². The van der Waals surface area contributed by atoms with Crippen molar-refractivity contribution in [3.05, 3.63) is 29.3 Å². The zero-order valence-corrected chi connectivity index (χ0v) is 16.4. The maximum atomic E-state index is 12.3. The summed E-state index contributed by atoms with van der Waals surface area (Å²) in [6.45, 7) is 4.24. The molecule has 2 aromatic rings. The third-order valence-electron chi connectivity index (χ3n) is 4.42. The van der Waals surface area contributed by atoms with Gasteiger partial charge in [0.1, 0.15) is 0 Å². The number of rotatable bonds is 5. The van der Waals surface area contributed by atoms with Crippen LogP contribution in [0.1, 0.15) is 26.2 Å². The topological polar surface area (TPSA) is 66.9 Å². The number of piperidine rings is 1. The summed E-state index contributed by atoms with van der Waals surface area (Å²) in [6.07, 6.45) is 2.89. The fourth-order valence-electron chi connectivity index (χ4n) is 3.01. The van der Waals surface area contributed by atoms with Gasteiger partial charge in [0, 0.05) is 12.0 Å². The van der Waals surface area contributed by atoms with Gasteiger partial charge in [-0.1, -0.05) is 48.1 Å². The SMILES string of the molecule is CC(CC(=O)Nc1nnc(-c2ccccc2Cl)s1)C1CCCNC1.Cl. The summed E-state index contributed by atoms with van der Waals surface area (Å²) in [6, 6.07) is 7.49. The van der Waals surface area contributed by atoms with E-state index < -0.39 is 0 Å². The van der Waals surface area contributed by atoms with Crippen molar-refractivity contribution in [1.82, 2.24) is 15.5 Å². The zero-order chi connectivity index (χ0) is 16.9. The first kappa shape index (κ1) is 20.1. The Morgan fingerprint density at radius 1 is 1.44 bits per heavy atom. The second-order valence-corrected chi connectivity index (χ2v) is 7.61. The third-order valence-corrected chi connectivity index (χ3v) is 5.62. The van der Waals surface area contributed by atoms with Crippen molar-refractivity contribution in [2.24, 2.45) is 11.8 Å². The Kier molecular flexibility index (Phi) is 7.62. The molecule has 0 saturated carbocycles. The molecule has 2 unspecified atom stereocenters. The minimum absolute atomic E-state index is 0. The molecule has 1 amide bonds. The average molecular weight is 401 g/mol. The summed E-state index contributed by atoms with van der Waals surface area (Å²) >= 11 is 7.51. The monoisotopic (exact) mass is 400 g/mol. The first-order chi connectivity index (χ1) is 11.6. The van der Waals surface area contributed by atoms with Crippen LogP contribution in [0.5, 0.6) is 0 Å². The number of amides is 1. The molecule has 0 bridgehead atoms. The molecule has 0 spiro atoms. The maximum Gasteiger partial charge on any atom is 0.226 e. The van der Waals surface area contributed by atoms with Crippen molar-refractivity contribution in [3.8, 4) is 10.6 Å². The first-order valence-corrected chi connectivity index (χ1v) is 9.42. The van der Waals surface area contributed by atoms with Gasteiger partial charge in [0.15, 0.2) is 5.01 Å². The molecule has 2 atom stereocenters. The summed E-state index contributed by atoms with van der Waals surface area (Å²) in [5, 5.41) is 16.3. The van der Waals surface area contributed by atoms with Crippen molar-refractivity contribution in [2.45, 2.75) is 26.2 Å². The van der Waals surface area contributed by atoms with Gasteiger partial charge in [-0.2, -0.15) is 0 Å². The molecule has 136 valence electrons. The molecule has 25 heavy (non-hydrogen) atoms. The van der Waals surface area contributed by atoms with E-state index in [1.165, 1.54) is 24.2 Å². The number of nitrogens with one attached hydrogen (secondary N) is 2. The van der Waals surface area contributed by atoms with E-state index >= 15 is 0 Å². The van der Waals surface area contributed by atoms with Gasteiger partial charge >= 0.3 is 0 Å². The van der Waals surface area contributed by atoms with Crippen LogP contribution >= 0.6 is 35.3 Å². The highest BCUT2D eigenvalue weighted by molar-refractivity contribution is 7.18. The molecule has 3 rings (SSSR count). The lowest BCUT2D eigenvalue weighted by molar-refractivity contribution is -0.117. The van der Waals surface area contributed by atoms with Crippen molar-refractivity contribution in [3.63, 3.8) is 0 Å². The number of nitrogens with zero attached hydrogens (tertiary/aromatic N) is 2. The van der Waals surface area contributed by atoms with Crippen molar-refractivity contribution >= 4 is 46.4 Å². The van der Waals surface area contributed by atoms with Crippen LogP contribution in [0, 0.1) is 11.8 Å². The van der Waals surface area contributed by atoms with Gasteiger partial charge in [-0.3, -0.25) is 4.79 Å². The number of anilines is 1. The number of halogens is 2. The molecule has 1 aliphatic heterocycles. The fraction of sp³-hybridized carbons (Fsp3) is 0.471. The highest BCUT2D eigenvalue weighted by Crippen LogP contribution is 2.32. The highest BCUT2D eigenvalue weighted by Gasteiger charge is 2.22. The van der Waals surface area contributed by atoms with Crippen molar-refractivity contribution in [2.75, 3.05) is 18.4 Å². The molecule has 5 nitrogen and oxygen atoms in total. The van der Waals surface area contributed by atoms with Crippen molar-refractivity contribution in [1.29, 1.82) is 0 Å². The summed E-state index contributed by atoms with van der Waals surface area (Å²) in [5.74, 6) is 0.918. The van der Waals surface area contributed by atoms with Crippen molar-refractivity contribution < 1.29 is 4.79 Å². The third kappa shape index (κ3) is 5.38. The van der Waals surface area contributed by atoms with Gasteiger partial charge < -0.3 is 10.6 Å². The lowest BCUT2D eigenvalue weighted by Gasteiger charge is -2.27. The summed E-state index contributed by atoms with van der Waals surface area (Å²) in [7, 11) is 0. The quantitative estimate of drug-likeness (QED) is 0.786. The van der Waals surface area contributed by atoms with E-state index in [4.69, 9.17) is 11.6 Å². The molecule has 0 aliphatic carbocycles. The Bertz CT molecular complexity index is 703. The molecule has 1 fully saturated rings. The molecule has 1 saturated heterocycles. The predicted octanol–water partition coefficient (Wildman–Crippen LogP) is 4.24. The Hall–Kier alpha value is -1.21. The molecule has 0 radical (unpaired) electrons. The van der Waals surface area contributed by atoms with Crippen LogP contribution in [0.2, 0.25) is 5.02 Å². The second kappa shape index (κ2) is 9.48. The number of aromatic nitrogens is 2. The molecule has 8 heteroatoms. The van der Waals surface area contributed by atoms with Gasteiger partial charge in [0.25, 0.3) is 0 Å². The molecule has 1 aromatic carbocycles. The highest BCUT2D eigenvalue weighted by atomic mass is 35.5. The standard InChI is InChI=1S/C17H21ClN4OS.ClH/c1-11(12-5-4-8-19-10-12)9-15(23)20-17-22-21-16(24-17)13-6-2-3-7-14(13)18;/h2-3,6-7,11-12,19H,4-5,8-10H2,1H3,(H,20,22,23);1H. The zero-order valence-electron chi connectivity index (χ0n) is 14.0. The minimum atomic E-state index is -0.00469. The van der Waals surface area contributed by atoms with Crippen LogP contribution in [0.3, 0.4) is 0 Å². The minimum Gasteiger partial charge on any atom is -0.316 e. The molecule has 1 aromatic heterocycles. The Balaban J connectivity index is 0.00000225. The Morgan fingerprint density at radius 2 is 2.24 bits per heavy atom. The number of hydrogen-bond acceptors (Lipinski definition) is 5. The van der Waals surface area contributed by atoms with E-state index in [0.717, 1.165) is 18.7 Å². The molecular formula is C17H22Cl2N4OS. The maximum absolute atomic E-state index is 12.3. The van der Waals surface area contributed by atoms with Crippen LogP contribution in [0.15, 0.2) is 24.3 Å². The van der Waals surface area contributed by atoms with Gasteiger partial charge in [-0.25, -0.2) is 0 Å². The molecule has 2 heterocycles. The Labute approximate surface area is 163 Å².